The summed E-state index contributed by atoms with van der Waals surface area (Å²) in [5.74, 6) is 5.25. The highest BCUT2D eigenvalue weighted by Gasteiger charge is 2.38. The number of nitrogens with zero attached hydrogens (tertiary/aromatic N) is 4. The summed E-state index contributed by atoms with van der Waals surface area (Å²) in [4.78, 5) is 31.7. The molecule has 1 saturated heterocycles. The number of aromatic nitrogens is 2. The molecule has 3 aliphatic carbocycles. The van der Waals surface area contributed by atoms with Gasteiger partial charge in [-0.2, -0.15) is 9.97 Å². The first-order valence-electron chi connectivity index (χ1n) is 15.6. The van der Waals surface area contributed by atoms with Crippen LogP contribution in [-0.2, 0) is 4.57 Å². The summed E-state index contributed by atoms with van der Waals surface area (Å²) in [5.41, 5.74) is 6.11. The van der Waals surface area contributed by atoms with E-state index in [-0.39, 0.29) is 6.16 Å². The van der Waals surface area contributed by atoms with E-state index in [1.165, 1.54) is 57.8 Å². The lowest BCUT2D eigenvalue weighted by Crippen LogP contribution is -2.47. The quantitative estimate of drug-likeness (QED) is 0.143. The number of hydrogen-bond donors (Lipinski definition) is 6. The second-order valence-electron chi connectivity index (χ2n) is 12.8. The SMILES string of the molecule is Nc1cc(N2CCN(CCP(=O)(O)O)CC2)nc(NCC2CCC(CNCCCN[C@H]3C[C@@H]4CC[C@H]3C4)CC2)n1. The van der Waals surface area contributed by atoms with Crippen molar-refractivity contribution in [2.45, 2.75) is 63.8 Å². The second-order valence-corrected chi connectivity index (χ2v) is 14.5. The number of nitrogens with two attached hydrogens (primary N) is 1. The van der Waals surface area contributed by atoms with Gasteiger partial charge in [-0.15, -0.1) is 0 Å². The van der Waals surface area contributed by atoms with E-state index in [0.717, 1.165) is 82.0 Å². The van der Waals surface area contributed by atoms with Crippen LogP contribution in [0.25, 0.3) is 0 Å². The van der Waals surface area contributed by atoms with Gasteiger partial charge in [0.15, 0.2) is 0 Å². The monoisotopic (exact) mass is 578 g/mol. The lowest BCUT2D eigenvalue weighted by molar-refractivity contribution is 0.263. The Balaban J connectivity index is 0.943. The van der Waals surface area contributed by atoms with Crippen LogP contribution in [0.1, 0.15) is 57.8 Å². The lowest BCUT2D eigenvalue weighted by atomic mass is 9.82. The van der Waals surface area contributed by atoms with Gasteiger partial charge in [-0.1, -0.05) is 6.42 Å². The summed E-state index contributed by atoms with van der Waals surface area (Å²) < 4.78 is 11.2. The number of piperazine rings is 1. The topological polar surface area (TPSA) is 152 Å². The summed E-state index contributed by atoms with van der Waals surface area (Å²) in [7, 11) is -3.96. The van der Waals surface area contributed by atoms with Crippen LogP contribution >= 0.6 is 7.60 Å². The van der Waals surface area contributed by atoms with Crippen molar-refractivity contribution < 1.29 is 14.4 Å². The molecular formula is C28H51N8O3P. The highest BCUT2D eigenvalue weighted by Crippen LogP contribution is 2.44. The fourth-order valence-electron chi connectivity index (χ4n) is 7.34. The van der Waals surface area contributed by atoms with Crippen LogP contribution in [0.4, 0.5) is 17.6 Å². The molecule has 4 aliphatic rings. The van der Waals surface area contributed by atoms with Crippen molar-refractivity contribution in [1.29, 1.82) is 0 Å². The van der Waals surface area contributed by atoms with Gasteiger partial charge in [0, 0.05) is 51.4 Å². The van der Waals surface area contributed by atoms with Crippen LogP contribution in [-0.4, -0.2) is 95.8 Å². The predicted molar refractivity (Wildman–Crippen MR) is 161 cm³/mol. The van der Waals surface area contributed by atoms with Crippen molar-refractivity contribution >= 4 is 25.2 Å². The molecule has 12 heteroatoms. The first kappa shape index (κ1) is 30.0. The van der Waals surface area contributed by atoms with Crippen molar-refractivity contribution in [2.24, 2.45) is 23.7 Å². The Hall–Kier alpha value is -1.49. The van der Waals surface area contributed by atoms with Crippen LogP contribution in [0.15, 0.2) is 6.07 Å². The van der Waals surface area contributed by atoms with Gasteiger partial charge in [-0.05, 0) is 94.7 Å². The number of hydrogen-bond acceptors (Lipinski definition) is 9. The van der Waals surface area contributed by atoms with E-state index in [4.69, 9.17) is 20.5 Å². The van der Waals surface area contributed by atoms with Gasteiger partial charge in [0.2, 0.25) is 5.95 Å². The maximum Gasteiger partial charge on any atom is 0.326 e. The molecule has 2 heterocycles. The zero-order valence-electron chi connectivity index (χ0n) is 24.0. The normalized spacial score (nSPS) is 29.2. The van der Waals surface area contributed by atoms with Gasteiger partial charge in [0.1, 0.15) is 11.6 Å². The third kappa shape index (κ3) is 9.00. The average molecular weight is 579 g/mol. The first-order chi connectivity index (χ1) is 19.3. The standard InChI is InChI=1S/C28H51N8O3P/c29-26-18-27(36-12-10-35(11-13-36)14-15-40(37,38)39)34-28(33-26)32-20-22-4-2-21(3-5-22)19-30-8-1-9-31-25-17-23-6-7-24(25)16-23/h18,21-25,30-31H,1-17,19-20H2,(H2,37,38,39)(H3,29,32,33,34)/t21?,22?,23-,24+,25+/m1/s1. The molecule has 11 nitrogen and oxygen atoms in total. The minimum absolute atomic E-state index is 0.0986. The van der Waals surface area contributed by atoms with Crippen molar-refractivity contribution in [3.8, 4) is 0 Å². The van der Waals surface area contributed by atoms with E-state index in [1.54, 1.807) is 0 Å². The molecular weight excluding hydrogens is 527 g/mol. The van der Waals surface area contributed by atoms with E-state index in [1.807, 2.05) is 6.07 Å². The third-order valence-electron chi connectivity index (χ3n) is 9.76. The summed E-state index contributed by atoms with van der Waals surface area (Å²) >= 11 is 0. The molecule has 5 rings (SSSR count). The van der Waals surface area contributed by atoms with E-state index < -0.39 is 7.60 Å². The van der Waals surface area contributed by atoms with Crippen LogP contribution in [0.3, 0.4) is 0 Å². The fraction of sp³-hybridized carbons (Fsp3) is 0.857. The Bertz CT molecular complexity index is 980. The first-order valence-corrected chi connectivity index (χ1v) is 17.4. The molecule has 1 aliphatic heterocycles. The molecule has 0 unspecified atom stereocenters. The molecule has 1 aromatic rings. The highest BCUT2D eigenvalue weighted by atomic mass is 31.2. The van der Waals surface area contributed by atoms with Crippen LogP contribution in [0.2, 0.25) is 0 Å². The smallest absolute Gasteiger partial charge is 0.326 e. The molecule has 2 bridgehead atoms. The second kappa shape index (κ2) is 14.1. The van der Waals surface area contributed by atoms with Gasteiger partial charge in [0.25, 0.3) is 0 Å². The number of anilines is 3. The summed E-state index contributed by atoms with van der Waals surface area (Å²) in [6.45, 7) is 7.66. The van der Waals surface area contributed by atoms with Crippen molar-refractivity contribution in [3.05, 3.63) is 6.07 Å². The lowest BCUT2D eigenvalue weighted by Gasteiger charge is -2.35. The molecule has 3 atom stereocenters. The molecule has 7 N–H and O–H groups in total. The van der Waals surface area contributed by atoms with Gasteiger partial charge < -0.3 is 36.4 Å². The van der Waals surface area contributed by atoms with Crippen molar-refractivity contribution in [3.63, 3.8) is 0 Å². The summed E-state index contributed by atoms with van der Waals surface area (Å²) in [6.07, 6.45) is 12.0. The average Bonchev–Trinajstić information content (AvgIpc) is 3.57. The summed E-state index contributed by atoms with van der Waals surface area (Å²) in [6, 6.07) is 2.61. The fourth-order valence-corrected chi connectivity index (χ4v) is 7.89. The Morgan fingerprint density at radius 3 is 2.38 bits per heavy atom. The van der Waals surface area contributed by atoms with Gasteiger partial charge in [-0.25, -0.2) is 0 Å². The molecule has 226 valence electrons. The van der Waals surface area contributed by atoms with E-state index >= 15 is 0 Å². The summed E-state index contributed by atoms with van der Waals surface area (Å²) in [5, 5.41) is 11.0. The zero-order valence-corrected chi connectivity index (χ0v) is 24.9. The maximum absolute atomic E-state index is 11.2. The number of rotatable bonds is 14. The van der Waals surface area contributed by atoms with Gasteiger partial charge in [-0.3, -0.25) is 9.46 Å². The van der Waals surface area contributed by atoms with Gasteiger partial charge in [0.05, 0.1) is 6.16 Å². The Morgan fingerprint density at radius 1 is 0.950 bits per heavy atom. The Kier molecular flexibility index (Phi) is 10.6. The molecule has 0 amide bonds. The van der Waals surface area contributed by atoms with Gasteiger partial charge >= 0.3 is 7.60 Å². The predicted octanol–water partition coefficient (Wildman–Crippen LogP) is 2.33. The van der Waals surface area contributed by atoms with E-state index in [2.05, 4.69) is 30.7 Å². The highest BCUT2D eigenvalue weighted by molar-refractivity contribution is 7.51. The number of nitrogen functional groups attached to an aromatic ring is 1. The molecule has 0 radical (unpaired) electrons. The van der Waals surface area contributed by atoms with Crippen LogP contribution in [0.5, 0.6) is 0 Å². The minimum Gasteiger partial charge on any atom is -0.383 e. The molecule has 40 heavy (non-hydrogen) atoms. The van der Waals surface area contributed by atoms with Crippen molar-refractivity contribution in [1.82, 2.24) is 25.5 Å². The van der Waals surface area contributed by atoms with Crippen LogP contribution in [0, 0.1) is 23.7 Å². The number of fused-ring (bicyclic) bond motifs is 2. The maximum atomic E-state index is 11.2. The minimum atomic E-state index is -3.96. The molecule has 4 fully saturated rings. The van der Waals surface area contributed by atoms with E-state index in [0.29, 0.717) is 24.2 Å². The van der Waals surface area contributed by atoms with Crippen molar-refractivity contribution in [2.75, 3.05) is 81.0 Å². The van der Waals surface area contributed by atoms with Crippen LogP contribution < -0.4 is 26.6 Å². The zero-order chi connectivity index (χ0) is 28.0. The van der Waals surface area contributed by atoms with E-state index in [9.17, 15) is 4.57 Å². The molecule has 1 aromatic heterocycles. The third-order valence-corrected chi connectivity index (χ3v) is 10.5. The Morgan fingerprint density at radius 2 is 1.70 bits per heavy atom. The molecule has 0 spiro atoms. The number of nitrogens with one attached hydrogen (secondary N) is 3. The molecule has 0 aromatic carbocycles. The Labute approximate surface area is 239 Å². The largest absolute Gasteiger partial charge is 0.383 e. The molecule has 3 saturated carbocycles.